The van der Waals surface area contributed by atoms with E-state index < -0.39 is 0 Å². The van der Waals surface area contributed by atoms with E-state index in [2.05, 4.69) is 23.2 Å². The molecule has 0 radical (unpaired) electrons. The van der Waals surface area contributed by atoms with Gasteiger partial charge >= 0.3 is 0 Å². The lowest BCUT2D eigenvalue weighted by molar-refractivity contribution is -0.128. The first kappa shape index (κ1) is 16.3. The minimum atomic E-state index is -0.185. The summed E-state index contributed by atoms with van der Waals surface area (Å²) < 4.78 is 5.98. The van der Waals surface area contributed by atoms with Gasteiger partial charge in [-0.25, -0.2) is 0 Å². The van der Waals surface area contributed by atoms with Gasteiger partial charge in [-0.15, -0.1) is 0 Å². The number of ether oxygens (including phenoxy) is 1. The molecule has 3 heteroatoms. The molecule has 122 valence electrons. The number of benzene rings is 2. The molecule has 0 heterocycles. The number of hydrogen-bond donors (Lipinski definition) is 1. The Morgan fingerprint density at radius 1 is 1.12 bits per heavy atom. The topological polar surface area (TPSA) is 38.3 Å². The Morgan fingerprint density at radius 2 is 1.79 bits per heavy atom. The lowest BCUT2D eigenvalue weighted by Gasteiger charge is -2.22. The summed E-state index contributed by atoms with van der Waals surface area (Å²) in [6.07, 6.45) is 0.520. The molecule has 2 aromatic rings. The molecule has 1 amide bonds. The summed E-state index contributed by atoms with van der Waals surface area (Å²) in [7, 11) is 0. The van der Waals surface area contributed by atoms with Crippen LogP contribution in [0.25, 0.3) is 0 Å². The van der Waals surface area contributed by atoms with Crippen LogP contribution in [0.15, 0.2) is 48.5 Å². The van der Waals surface area contributed by atoms with Gasteiger partial charge in [-0.2, -0.15) is 0 Å². The molecule has 0 bridgehead atoms. The molecular formula is C21H21NO2. The van der Waals surface area contributed by atoms with Crippen molar-refractivity contribution < 1.29 is 9.53 Å². The van der Waals surface area contributed by atoms with Gasteiger partial charge in [0.05, 0.1) is 6.10 Å². The highest BCUT2D eigenvalue weighted by Crippen LogP contribution is 2.28. The van der Waals surface area contributed by atoms with Gasteiger partial charge in [0.15, 0.2) is 0 Å². The van der Waals surface area contributed by atoms with E-state index in [-0.39, 0.29) is 24.7 Å². The number of carbonyl (C=O) groups is 1. The van der Waals surface area contributed by atoms with Crippen LogP contribution in [0.3, 0.4) is 0 Å². The van der Waals surface area contributed by atoms with Crippen molar-refractivity contribution in [2.24, 2.45) is 0 Å². The first-order valence-electron chi connectivity index (χ1n) is 8.23. The average molecular weight is 319 g/mol. The molecular weight excluding hydrogens is 298 g/mol. The summed E-state index contributed by atoms with van der Waals surface area (Å²) in [6, 6.07) is 16.2. The molecule has 0 spiro atoms. The van der Waals surface area contributed by atoms with Crippen LogP contribution in [0.4, 0.5) is 0 Å². The van der Waals surface area contributed by atoms with Crippen molar-refractivity contribution in [1.82, 2.24) is 5.32 Å². The van der Waals surface area contributed by atoms with Gasteiger partial charge in [0.1, 0.15) is 6.61 Å². The second-order valence-corrected chi connectivity index (χ2v) is 6.22. The Morgan fingerprint density at radius 3 is 2.58 bits per heavy atom. The van der Waals surface area contributed by atoms with E-state index in [0.717, 1.165) is 22.3 Å². The van der Waals surface area contributed by atoms with Crippen molar-refractivity contribution in [3.8, 4) is 11.8 Å². The zero-order valence-electron chi connectivity index (χ0n) is 14.0. The summed E-state index contributed by atoms with van der Waals surface area (Å²) >= 11 is 0. The quantitative estimate of drug-likeness (QED) is 0.879. The fraction of sp³-hybridized carbons (Fsp3) is 0.286. The molecule has 1 aliphatic rings. The molecule has 1 N–H and O–H groups in total. The molecule has 2 aromatic carbocycles. The molecule has 24 heavy (non-hydrogen) atoms. The van der Waals surface area contributed by atoms with E-state index in [1.54, 1.807) is 0 Å². The number of fused-ring (bicyclic) bond motifs is 2. The standard InChI is InChI=1S/C21H21NO2/c1-15(2)22-21(23)14-24-20-13-18-9-4-3-7-16(18)11-12-17-8-5-6-10-19(17)20/h3-10,15,20H,13-14H2,1-2H3,(H,22,23). The zero-order chi connectivity index (χ0) is 16.9. The summed E-state index contributed by atoms with van der Waals surface area (Å²) in [5.41, 5.74) is 4.17. The van der Waals surface area contributed by atoms with Crippen molar-refractivity contribution in [3.63, 3.8) is 0 Å². The predicted octanol–water partition coefficient (Wildman–Crippen LogP) is 3.22. The van der Waals surface area contributed by atoms with Crippen molar-refractivity contribution in [2.75, 3.05) is 6.61 Å². The Hall–Kier alpha value is -2.57. The maximum absolute atomic E-state index is 11.9. The summed E-state index contributed by atoms with van der Waals surface area (Å²) in [4.78, 5) is 11.9. The fourth-order valence-electron chi connectivity index (χ4n) is 2.84. The van der Waals surface area contributed by atoms with Gasteiger partial charge in [0.25, 0.3) is 0 Å². The van der Waals surface area contributed by atoms with Crippen LogP contribution < -0.4 is 5.32 Å². The second kappa shape index (κ2) is 7.33. The summed E-state index contributed by atoms with van der Waals surface area (Å²) in [5.74, 6) is 6.39. The van der Waals surface area contributed by atoms with Gasteiger partial charge < -0.3 is 10.1 Å². The molecule has 0 saturated carbocycles. The lowest BCUT2D eigenvalue weighted by Crippen LogP contribution is -2.34. The smallest absolute Gasteiger partial charge is 0.246 e. The van der Waals surface area contributed by atoms with Crippen LogP contribution in [0, 0.1) is 11.8 Å². The molecule has 1 unspecified atom stereocenters. The van der Waals surface area contributed by atoms with Crippen LogP contribution in [-0.4, -0.2) is 18.6 Å². The van der Waals surface area contributed by atoms with E-state index in [0.29, 0.717) is 6.42 Å². The maximum atomic E-state index is 11.9. The summed E-state index contributed by atoms with van der Waals surface area (Å²) in [6.45, 7) is 3.93. The van der Waals surface area contributed by atoms with Crippen LogP contribution >= 0.6 is 0 Å². The van der Waals surface area contributed by atoms with Gasteiger partial charge in [-0.1, -0.05) is 48.2 Å². The summed E-state index contributed by atoms with van der Waals surface area (Å²) in [5, 5.41) is 2.86. The lowest BCUT2D eigenvalue weighted by atomic mass is 9.92. The van der Waals surface area contributed by atoms with E-state index in [9.17, 15) is 4.79 Å². The minimum absolute atomic E-state index is 0.0484. The normalized spacial score (nSPS) is 15.4. The third-order valence-corrected chi connectivity index (χ3v) is 3.93. The Labute approximate surface area is 143 Å². The highest BCUT2D eigenvalue weighted by molar-refractivity contribution is 5.77. The van der Waals surface area contributed by atoms with E-state index in [1.165, 1.54) is 0 Å². The monoisotopic (exact) mass is 319 g/mol. The first-order chi connectivity index (χ1) is 11.6. The SMILES string of the molecule is CC(C)NC(=O)COC1Cc2ccccc2C#Cc2ccccc21. The first-order valence-corrected chi connectivity index (χ1v) is 8.23. The number of carbonyl (C=O) groups excluding carboxylic acids is 1. The Balaban J connectivity index is 1.89. The molecule has 1 aliphatic carbocycles. The molecule has 0 aromatic heterocycles. The highest BCUT2D eigenvalue weighted by Gasteiger charge is 2.20. The number of nitrogens with one attached hydrogen (secondary N) is 1. The third kappa shape index (κ3) is 3.84. The van der Waals surface area contributed by atoms with Gasteiger partial charge in [0.2, 0.25) is 5.91 Å². The average Bonchev–Trinajstić information content (AvgIpc) is 2.55. The molecule has 3 nitrogen and oxygen atoms in total. The Bertz CT molecular complexity index is 799. The van der Waals surface area contributed by atoms with Crippen LogP contribution in [0.1, 0.15) is 42.2 Å². The number of amides is 1. The van der Waals surface area contributed by atoms with Crippen molar-refractivity contribution in [2.45, 2.75) is 32.4 Å². The number of hydrogen-bond acceptors (Lipinski definition) is 2. The van der Waals surface area contributed by atoms with E-state index in [4.69, 9.17) is 4.74 Å². The van der Waals surface area contributed by atoms with Gasteiger partial charge in [-0.3, -0.25) is 4.79 Å². The van der Waals surface area contributed by atoms with Gasteiger partial charge in [-0.05, 0) is 37.1 Å². The molecule has 3 rings (SSSR count). The van der Waals surface area contributed by atoms with Crippen LogP contribution in [0.5, 0.6) is 0 Å². The molecule has 0 aliphatic heterocycles. The van der Waals surface area contributed by atoms with Crippen molar-refractivity contribution in [1.29, 1.82) is 0 Å². The molecule has 0 fully saturated rings. The minimum Gasteiger partial charge on any atom is -0.363 e. The second-order valence-electron chi connectivity index (χ2n) is 6.22. The maximum Gasteiger partial charge on any atom is 0.246 e. The molecule has 0 saturated heterocycles. The van der Waals surface area contributed by atoms with Gasteiger partial charge in [0, 0.05) is 23.6 Å². The fourth-order valence-corrected chi connectivity index (χ4v) is 2.84. The largest absolute Gasteiger partial charge is 0.363 e. The highest BCUT2D eigenvalue weighted by atomic mass is 16.5. The van der Waals surface area contributed by atoms with E-state index >= 15 is 0 Å². The van der Waals surface area contributed by atoms with Crippen molar-refractivity contribution >= 4 is 5.91 Å². The zero-order valence-corrected chi connectivity index (χ0v) is 14.0. The van der Waals surface area contributed by atoms with Crippen molar-refractivity contribution in [3.05, 3.63) is 70.8 Å². The predicted molar refractivity (Wildman–Crippen MR) is 94.5 cm³/mol. The molecule has 1 atom stereocenters. The van der Waals surface area contributed by atoms with E-state index in [1.807, 2.05) is 56.3 Å². The van der Waals surface area contributed by atoms with Crippen LogP contribution in [0.2, 0.25) is 0 Å². The third-order valence-electron chi connectivity index (χ3n) is 3.93. The van der Waals surface area contributed by atoms with Crippen LogP contribution in [-0.2, 0) is 16.0 Å². The number of rotatable bonds is 4. The Kier molecular flexibility index (Phi) is 4.98.